The van der Waals surface area contributed by atoms with Crippen LogP contribution in [0.5, 0.6) is 0 Å². The number of nitrogens with one attached hydrogen (secondary N) is 1. The third-order valence-corrected chi connectivity index (χ3v) is 3.33. The van der Waals surface area contributed by atoms with Crippen LogP contribution in [0.25, 0.3) is 11.0 Å². The Morgan fingerprint density at radius 3 is 3.06 bits per heavy atom. The molecule has 0 aliphatic carbocycles. The Labute approximate surface area is 99.8 Å². The van der Waals surface area contributed by atoms with E-state index < -0.39 is 0 Å². The molecule has 0 saturated heterocycles. The zero-order valence-electron chi connectivity index (χ0n) is 9.66. The number of rotatable bonds is 4. The molecule has 3 N–H and O–H groups in total. The maximum absolute atomic E-state index is 6.13. The van der Waals surface area contributed by atoms with Crippen LogP contribution in [-0.2, 0) is 0 Å². The number of nitrogens with zero attached hydrogens (tertiary/aromatic N) is 1. The van der Waals surface area contributed by atoms with Crippen molar-refractivity contribution < 1.29 is 0 Å². The Kier molecular flexibility index (Phi) is 3.51. The van der Waals surface area contributed by atoms with E-state index in [1.54, 1.807) is 0 Å². The first kappa shape index (κ1) is 11.5. The highest BCUT2D eigenvalue weighted by Crippen LogP contribution is 2.20. The van der Waals surface area contributed by atoms with Crippen LogP contribution in [0.2, 0.25) is 0 Å². The van der Waals surface area contributed by atoms with Crippen molar-refractivity contribution in [3.8, 4) is 0 Å². The molecule has 2 rings (SSSR count). The lowest BCUT2D eigenvalue weighted by atomic mass is 10.1. The van der Waals surface area contributed by atoms with Gasteiger partial charge in [-0.15, -0.1) is 0 Å². The van der Waals surface area contributed by atoms with E-state index in [2.05, 4.69) is 28.4 Å². The van der Waals surface area contributed by atoms with Crippen LogP contribution in [0.3, 0.4) is 0 Å². The minimum absolute atomic E-state index is 0.125. The number of thioether (sulfide) groups is 1. The van der Waals surface area contributed by atoms with Gasteiger partial charge in [-0.1, -0.05) is 6.07 Å². The molecule has 4 heteroatoms. The summed E-state index contributed by atoms with van der Waals surface area (Å²) in [5.41, 5.74) is 9.41. The lowest BCUT2D eigenvalue weighted by molar-refractivity contribution is 0.706. The summed E-state index contributed by atoms with van der Waals surface area (Å²) >= 11 is 1.83. The maximum Gasteiger partial charge on any atom is 0.104 e. The summed E-state index contributed by atoms with van der Waals surface area (Å²) in [5, 5.41) is 0. The monoisotopic (exact) mass is 235 g/mol. The van der Waals surface area contributed by atoms with E-state index in [9.17, 15) is 0 Å². The Hall–Kier alpha value is -1.00. The Morgan fingerprint density at radius 2 is 2.31 bits per heavy atom. The van der Waals surface area contributed by atoms with Crippen molar-refractivity contribution in [1.29, 1.82) is 0 Å². The van der Waals surface area contributed by atoms with Crippen molar-refractivity contribution in [2.75, 3.05) is 12.0 Å². The van der Waals surface area contributed by atoms with E-state index in [0.717, 1.165) is 29.0 Å². The predicted octanol–water partition coefficient (Wildman–Crippen LogP) is 2.62. The summed E-state index contributed by atoms with van der Waals surface area (Å²) in [6, 6.07) is 6.35. The van der Waals surface area contributed by atoms with Crippen molar-refractivity contribution in [3.63, 3.8) is 0 Å². The van der Waals surface area contributed by atoms with Crippen molar-refractivity contribution in [2.45, 2.75) is 19.4 Å². The maximum atomic E-state index is 6.13. The number of nitrogens with two attached hydrogens (primary N) is 1. The lowest BCUT2D eigenvalue weighted by Gasteiger charge is -2.10. The molecule has 0 amide bonds. The van der Waals surface area contributed by atoms with Crippen molar-refractivity contribution in [3.05, 3.63) is 29.6 Å². The molecule has 86 valence electrons. The van der Waals surface area contributed by atoms with Gasteiger partial charge in [0.15, 0.2) is 0 Å². The Balaban J connectivity index is 2.24. The zero-order chi connectivity index (χ0) is 11.5. The molecule has 16 heavy (non-hydrogen) atoms. The second kappa shape index (κ2) is 4.89. The molecule has 2 aromatic rings. The van der Waals surface area contributed by atoms with Crippen molar-refractivity contribution in [1.82, 2.24) is 9.97 Å². The number of aromatic nitrogens is 2. The van der Waals surface area contributed by atoms with E-state index >= 15 is 0 Å². The fourth-order valence-corrected chi connectivity index (χ4v) is 2.29. The van der Waals surface area contributed by atoms with Gasteiger partial charge in [0, 0.05) is 6.04 Å². The molecule has 0 aliphatic rings. The highest BCUT2D eigenvalue weighted by Gasteiger charge is 2.07. The second-order valence-electron chi connectivity index (χ2n) is 3.99. The Bertz CT molecular complexity index is 478. The number of hydrogen-bond donors (Lipinski definition) is 2. The van der Waals surface area contributed by atoms with Gasteiger partial charge in [0.25, 0.3) is 0 Å². The second-order valence-corrected chi connectivity index (χ2v) is 4.97. The highest BCUT2D eigenvalue weighted by atomic mass is 32.2. The molecule has 1 atom stereocenters. The SMILES string of the molecule is CSCCC(N)c1ccc2nc(C)[nH]c2c1. The van der Waals surface area contributed by atoms with Crippen LogP contribution in [-0.4, -0.2) is 22.0 Å². The average Bonchev–Trinajstić information content (AvgIpc) is 2.64. The third kappa shape index (κ3) is 2.39. The average molecular weight is 235 g/mol. The van der Waals surface area contributed by atoms with Gasteiger partial charge >= 0.3 is 0 Å². The van der Waals surface area contributed by atoms with Crippen molar-refractivity contribution >= 4 is 22.8 Å². The normalized spacial score (nSPS) is 13.2. The van der Waals surface area contributed by atoms with Crippen LogP contribution >= 0.6 is 11.8 Å². The summed E-state index contributed by atoms with van der Waals surface area (Å²) in [7, 11) is 0. The molecule has 0 aliphatic heterocycles. The largest absolute Gasteiger partial charge is 0.342 e. The van der Waals surface area contributed by atoms with Gasteiger partial charge in [-0.05, 0) is 43.0 Å². The van der Waals surface area contributed by atoms with Crippen molar-refractivity contribution in [2.24, 2.45) is 5.73 Å². The number of imidazole rings is 1. The fourth-order valence-electron chi connectivity index (χ4n) is 1.80. The first-order chi connectivity index (χ1) is 7.70. The predicted molar refractivity (Wildman–Crippen MR) is 70.8 cm³/mol. The summed E-state index contributed by atoms with van der Waals surface area (Å²) < 4.78 is 0. The molecule has 1 unspecified atom stereocenters. The number of fused-ring (bicyclic) bond motifs is 1. The summed E-state index contributed by atoms with van der Waals surface area (Å²) in [6.45, 7) is 1.97. The van der Waals surface area contributed by atoms with E-state index in [1.807, 2.05) is 24.8 Å². The first-order valence-corrected chi connectivity index (χ1v) is 6.81. The van der Waals surface area contributed by atoms with Gasteiger partial charge in [0.2, 0.25) is 0 Å². The topological polar surface area (TPSA) is 54.7 Å². The number of H-pyrrole nitrogens is 1. The van der Waals surface area contributed by atoms with Crippen LogP contribution in [0.15, 0.2) is 18.2 Å². The van der Waals surface area contributed by atoms with Gasteiger partial charge in [-0.25, -0.2) is 4.98 Å². The molecule has 0 bridgehead atoms. The highest BCUT2D eigenvalue weighted by molar-refractivity contribution is 7.98. The summed E-state index contributed by atoms with van der Waals surface area (Å²) in [4.78, 5) is 7.61. The van der Waals surface area contributed by atoms with Gasteiger partial charge in [0.1, 0.15) is 5.82 Å². The summed E-state index contributed by atoms with van der Waals surface area (Å²) in [5.74, 6) is 2.05. The lowest BCUT2D eigenvalue weighted by Crippen LogP contribution is -2.10. The number of hydrogen-bond acceptors (Lipinski definition) is 3. The van der Waals surface area contributed by atoms with E-state index in [-0.39, 0.29) is 6.04 Å². The molecule has 1 heterocycles. The molecule has 0 spiro atoms. The fraction of sp³-hybridized carbons (Fsp3) is 0.417. The van der Waals surface area contributed by atoms with E-state index in [4.69, 9.17) is 5.73 Å². The molecule has 0 fully saturated rings. The third-order valence-electron chi connectivity index (χ3n) is 2.69. The molecule has 0 radical (unpaired) electrons. The van der Waals surface area contributed by atoms with Gasteiger partial charge < -0.3 is 10.7 Å². The minimum Gasteiger partial charge on any atom is -0.342 e. The quantitative estimate of drug-likeness (QED) is 0.856. The molecular formula is C12H17N3S. The van der Waals surface area contributed by atoms with Gasteiger partial charge in [0.05, 0.1) is 11.0 Å². The van der Waals surface area contributed by atoms with Crippen LogP contribution in [0, 0.1) is 6.92 Å². The minimum atomic E-state index is 0.125. The number of benzene rings is 1. The molecule has 0 saturated carbocycles. The molecule has 3 nitrogen and oxygen atoms in total. The van der Waals surface area contributed by atoms with Gasteiger partial charge in [-0.3, -0.25) is 0 Å². The molecule has 1 aromatic carbocycles. The smallest absolute Gasteiger partial charge is 0.104 e. The standard InChI is InChI=1S/C12H17N3S/c1-8-14-11-4-3-9(7-12(11)15-8)10(13)5-6-16-2/h3-4,7,10H,5-6,13H2,1-2H3,(H,14,15). The number of aryl methyl sites for hydroxylation is 1. The van der Waals surface area contributed by atoms with Crippen LogP contribution < -0.4 is 5.73 Å². The first-order valence-electron chi connectivity index (χ1n) is 5.41. The summed E-state index contributed by atoms with van der Waals surface area (Å²) in [6.07, 6.45) is 3.12. The molecular weight excluding hydrogens is 218 g/mol. The number of aromatic amines is 1. The Morgan fingerprint density at radius 1 is 1.50 bits per heavy atom. The van der Waals surface area contributed by atoms with Crippen LogP contribution in [0.1, 0.15) is 23.9 Å². The van der Waals surface area contributed by atoms with E-state index in [1.165, 1.54) is 5.56 Å². The van der Waals surface area contributed by atoms with Crippen LogP contribution in [0.4, 0.5) is 0 Å². The zero-order valence-corrected chi connectivity index (χ0v) is 10.5. The van der Waals surface area contributed by atoms with Gasteiger partial charge in [-0.2, -0.15) is 11.8 Å². The van der Waals surface area contributed by atoms with E-state index in [0.29, 0.717) is 0 Å². The molecule has 1 aromatic heterocycles.